The van der Waals surface area contributed by atoms with Crippen LogP contribution in [-0.4, -0.2) is 83.5 Å². The van der Waals surface area contributed by atoms with Crippen molar-refractivity contribution in [1.82, 2.24) is 25.6 Å². The number of amides is 3. The Hall–Kier alpha value is -3.85. The molecule has 2 aliphatic rings. The Balaban J connectivity index is 1.45. The molecule has 1 heterocycles. The highest BCUT2D eigenvalue weighted by atomic mass is 32.2. The van der Waals surface area contributed by atoms with E-state index in [-0.39, 0.29) is 34.7 Å². The van der Waals surface area contributed by atoms with Crippen molar-refractivity contribution >= 4 is 48.4 Å². The largest absolute Gasteiger partial charge is 0.347 e. The van der Waals surface area contributed by atoms with E-state index in [1.807, 2.05) is 45.0 Å². The van der Waals surface area contributed by atoms with Crippen molar-refractivity contribution in [2.75, 3.05) is 19.8 Å². The predicted octanol–water partition coefficient (Wildman–Crippen LogP) is 2.82. The minimum atomic E-state index is -4.18. The fourth-order valence-electron chi connectivity index (χ4n) is 6.69. The van der Waals surface area contributed by atoms with Gasteiger partial charge in [0.2, 0.25) is 27.7 Å². The highest BCUT2D eigenvalue weighted by molar-refractivity contribution is 7.90. The molecule has 14 heteroatoms. The second-order valence-electron chi connectivity index (χ2n) is 14.5. The lowest BCUT2D eigenvalue weighted by molar-refractivity contribution is -0.144. The number of rotatable bonds is 10. The van der Waals surface area contributed by atoms with E-state index in [0.29, 0.717) is 10.8 Å². The molecule has 3 aromatic carbocycles. The Labute approximate surface area is 294 Å². The lowest BCUT2D eigenvalue weighted by atomic mass is 9.85. The highest BCUT2D eigenvalue weighted by Crippen LogP contribution is 2.32. The number of sulfone groups is 1. The van der Waals surface area contributed by atoms with Crippen LogP contribution >= 0.6 is 0 Å². The smallest absolute Gasteiger partial charge is 0.246 e. The number of aryl methyl sites for hydroxylation is 1. The van der Waals surface area contributed by atoms with Gasteiger partial charge in [0, 0.05) is 18.8 Å². The molecular formula is C36H47N5O7S2. The van der Waals surface area contributed by atoms with Gasteiger partial charge in [-0.1, -0.05) is 57.2 Å². The molecule has 5 rings (SSSR count). The number of sulfonamides is 1. The van der Waals surface area contributed by atoms with E-state index in [1.165, 1.54) is 29.2 Å². The second-order valence-corrected chi connectivity index (χ2v) is 18.2. The number of fused-ring (bicyclic) bond motifs is 2. The van der Waals surface area contributed by atoms with Crippen molar-refractivity contribution < 1.29 is 31.2 Å². The normalized spacial score (nSPS) is 20.9. The van der Waals surface area contributed by atoms with Crippen molar-refractivity contribution in [2.45, 2.75) is 93.4 Å². The first-order valence-electron chi connectivity index (χ1n) is 16.8. The first kappa shape index (κ1) is 37.4. The second kappa shape index (κ2) is 14.4. The molecule has 0 radical (unpaired) electrons. The van der Waals surface area contributed by atoms with Crippen LogP contribution in [0.2, 0.25) is 0 Å². The molecule has 0 spiro atoms. The lowest BCUT2D eigenvalue weighted by Crippen LogP contribution is -2.59. The summed E-state index contributed by atoms with van der Waals surface area (Å²) in [5.74, 6) is -1.27. The van der Waals surface area contributed by atoms with Crippen LogP contribution in [-0.2, 0) is 40.7 Å². The maximum absolute atomic E-state index is 14.4. The van der Waals surface area contributed by atoms with Gasteiger partial charge in [0.05, 0.1) is 21.9 Å². The monoisotopic (exact) mass is 725 g/mol. The first-order valence-corrected chi connectivity index (χ1v) is 20.2. The van der Waals surface area contributed by atoms with Gasteiger partial charge in [-0.2, -0.15) is 0 Å². The average molecular weight is 726 g/mol. The summed E-state index contributed by atoms with van der Waals surface area (Å²) in [7, 11) is -6.06. The van der Waals surface area contributed by atoms with Gasteiger partial charge >= 0.3 is 0 Å². The van der Waals surface area contributed by atoms with E-state index in [4.69, 9.17) is 0 Å². The van der Waals surface area contributed by atoms with Crippen LogP contribution in [0, 0.1) is 5.41 Å². The van der Waals surface area contributed by atoms with Crippen LogP contribution in [0.15, 0.2) is 70.5 Å². The number of carbonyl (C=O) groups is 3. The third kappa shape index (κ3) is 8.20. The standard InChI is InChI=1S/C36H47N5O7S2/c1-22(37-5)33(42)39-32(36(2,3)4)35(44)41-21-26(20-31(41)34(43)38-30-13-9-11-24-10-7-8-12-29(24)30)40-50(47,48)28-17-15-23-14-16-27(49(6,45)46)18-25(23)19-28/h7-8,10,12,14-19,22,26,30-32,37,40H,9,11,13,20-21H2,1-6H3,(H,38,43)(H,39,42)/t22-,26-,30+,31-,32+/m0/s1. The number of nitrogens with zero attached hydrogens (tertiary/aromatic N) is 1. The number of likely N-dealkylation sites (N-methyl/N-ethyl adjacent to an activating group) is 1. The molecule has 1 aliphatic carbocycles. The van der Waals surface area contributed by atoms with E-state index < -0.39 is 61.3 Å². The van der Waals surface area contributed by atoms with Crippen molar-refractivity contribution in [3.63, 3.8) is 0 Å². The summed E-state index contributed by atoms with van der Waals surface area (Å²) < 4.78 is 54.5. The van der Waals surface area contributed by atoms with Crippen molar-refractivity contribution in [3.05, 3.63) is 71.8 Å². The molecule has 270 valence electrons. The number of nitrogens with one attached hydrogen (secondary N) is 4. The summed E-state index contributed by atoms with van der Waals surface area (Å²) in [4.78, 5) is 42.8. The summed E-state index contributed by atoms with van der Waals surface area (Å²) >= 11 is 0. The Morgan fingerprint density at radius 3 is 2.24 bits per heavy atom. The summed E-state index contributed by atoms with van der Waals surface area (Å²) in [6, 6.07) is 13.2. The van der Waals surface area contributed by atoms with Crippen molar-refractivity contribution in [3.8, 4) is 0 Å². The molecule has 50 heavy (non-hydrogen) atoms. The van der Waals surface area contributed by atoms with E-state index >= 15 is 0 Å². The Bertz CT molecular complexity index is 2010. The van der Waals surface area contributed by atoms with Gasteiger partial charge in [-0.25, -0.2) is 21.6 Å². The molecule has 1 aliphatic heterocycles. The fraction of sp³-hybridized carbons (Fsp3) is 0.472. The lowest BCUT2D eigenvalue weighted by Gasteiger charge is -2.36. The van der Waals surface area contributed by atoms with E-state index in [1.54, 1.807) is 26.1 Å². The van der Waals surface area contributed by atoms with Crippen molar-refractivity contribution in [1.29, 1.82) is 0 Å². The van der Waals surface area contributed by atoms with Gasteiger partial charge in [0.15, 0.2) is 9.84 Å². The third-order valence-corrected chi connectivity index (χ3v) is 12.3. The first-order chi connectivity index (χ1) is 23.4. The van der Waals surface area contributed by atoms with Gasteiger partial charge < -0.3 is 20.9 Å². The summed E-state index contributed by atoms with van der Waals surface area (Å²) in [5.41, 5.74) is 1.44. The minimum Gasteiger partial charge on any atom is -0.347 e. The van der Waals surface area contributed by atoms with Gasteiger partial charge in [0.25, 0.3) is 0 Å². The van der Waals surface area contributed by atoms with Crippen molar-refractivity contribution in [2.24, 2.45) is 5.41 Å². The summed E-state index contributed by atoms with van der Waals surface area (Å²) in [6.07, 6.45) is 3.61. The topological polar surface area (TPSA) is 171 Å². The number of hydrogen-bond acceptors (Lipinski definition) is 8. The van der Waals surface area contributed by atoms with Gasteiger partial charge in [-0.3, -0.25) is 14.4 Å². The zero-order valence-corrected chi connectivity index (χ0v) is 31.0. The zero-order chi connectivity index (χ0) is 36.6. The van der Waals surface area contributed by atoms with Crippen LogP contribution in [0.3, 0.4) is 0 Å². The molecular weight excluding hydrogens is 679 g/mol. The third-order valence-electron chi connectivity index (χ3n) is 9.64. The number of likely N-dealkylation sites (tertiary alicyclic amines) is 1. The van der Waals surface area contributed by atoms with Gasteiger partial charge in [-0.15, -0.1) is 0 Å². The maximum atomic E-state index is 14.4. The molecule has 1 fully saturated rings. The molecule has 5 atom stereocenters. The predicted molar refractivity (Wildman–Crippen MR) is 191 cm³/mol. The molecule has 0 bridgehead atoms. The van der Waals surface area contributed by atoms with E-state index in [2.05, 4.69) is 20.7 Å². The molecule has 12 nitrogen and oxygen atoms in total. The van der Waals surface area contributed by atoms with Crippen LogP contribution in [0.25, 0.3) is 10.8 Å². The molecule has 0 unspecified atom stereocenters. The Kier molecular flexibility index (Phi) is 10.8. The molecule has 4 N–H and O–H groups in total. The van der Waals surface area contributed by atoms with Crippen LogP contribution in [0.5, 0.6) is 0 Å². The number of carbonyl (C=O) groups excluding carboxylic acids is 3. The quantitative estimate of drug-likeness (QED) is 0.247. The van der Waals surface area contributed by atoms with Crippen LogP contribution in [0.4, 0.5) is 0 Å². The highest BCUT2D eigenvalue weighted by Gasteiger charge is 2.46. The van der Waals surface area contributed by atoms with E-state index in [9.17, 15) is 31.2 Å². The summed E-state index contributed by atoms with van der Waals surface area (Å²) in [5, 5.41) is 9.97. The van der Waals surface area contributed by atoms with Crippen LogP contribution in [0.1, 0.15) is 64.1 Å². The Morgan fingerprint density at radius 2 is 1.58 bits per heavy atom. The van der Waals surface area contributed by atoms with Gasteiger partial charge in [-0.05, 0) is 91.2 Å². The molecule has 0 saturated carbocycles. The molecule has 3 amide bonds. The fourth-order valence-corrected chi connectivity index (χ4v) is 8.62. The SMILES string of the molecule is CN[C@@H](C)C(=O)N[C@H](C(=O)N1C[C@@H](NS(=O)(=O)c2ccc3ccc(S(C)(=O)=O)cc3c2)C[C@H]1C(=O)N[C@@H]1CCCc2ccccc21)C(C)(C)C. The molecule has 3 aromatic rings. The number of hydrogen-bond donors (Lipinski definition) is 4. The minimum absolute atomic E-state index is 0.00864. The summed E-state index contributed by atoms with van der Waals surface area (Å²) in [6.45, 7) is 7.03. The zero-order valence-electron chi connectivity index (χ0n) is 29.3. The Morgan fingerprint density at radius 1 is 0.920 bits per heavy atom. The molecule has 0 aromatic heterocycles. The maximum Gasteiger partial charge on any atom is 0.246 e. The van der Waals surface area contributed by atoms with E-state index in [0.717, 1.165) is 36.6 Å². The van der Waals surface area contributed by atoms with Gasteiger partial charge in [0.1, 0.15) is 12.1 Å². The number of benzene rings is 3. The molecule has 1 saturated heterocycles. The van der Waals surface area contributed by atoms with Crippen LogP contribution < -0.4 is 20.7 Å². The average Bonchev–Trinajstić information content (AvgIpc) is 3.48.